The van der Waals surface area contributed by atoms with Crippen molar-refractivity contribution >= 4 is 5.71 Å². The fourth-order valence-electron chi connectivity index (χ4n) is 3.14. The number of piperidine rings is 1. The number of hydrogen-bond acceptors (Lipinski definition) is 4. The molecule has 0 amide bonds. The number of nitrogens with zero attached hydrogens (tertiary/aromatic N) is 2. The van der Waals surface area contributed by atoms with Gasteiger partial charge in [0, 0.05) is 31.1 Å². The van der Waals surface area contributed by atoms with Crippen LogP contribution < -0.4 is 10.2 Å². The topological polar surface area (TPSA) is 36.9 Å². The van der Waals surface area contributed by atoms with E-state index < -0.39 is 0 Å². The molecule has 4 nitrogen and oxygen atoms in total. The average Bonchev–Trinajstić information content (AvgIpc) is 2.91. The number of likely N-dealkylation sites (tertiary alicyclic amines) is 1. The molecule has 2 aliphatic heterocycles. The predicted octanol–water partition coefficient (Wildman–Crippen LogP) is 2.43. The molecule has 0 saturated carbocycles. The van der Waals surface area contributed by atoms with Gasteiger partial charge in [0.2, 0.25) is 0 Å². The van der Waals surface area contributed by atoms with Gasteiger partial charge in [0.05, 0.1) is 12.6 Å². The van der Waals surface area contributed by atoms with Crippen molar-refractivity contribution in [2.24, 2.45) is 11.0 Å². The van der Waals surface area contributed by atoms with Crippen LogP contribution in [0.5, 0.6) is 5.75 Å². The summed E-state index contributed by atoms with van der Waals surface area (Å²) in [5, 5.41) is 4.55. The third-order valence-electron chi connectivity index (χ3n) is 4.31. The molecule has 2 unspecified atom stereocenters. The monoisotopic (exact) mass is 273 g/mol. The Balaban J connectivity index is 1.74. The first-order valence-corrected chi connectivity index (χ1v) is 7.59. The second kappa shape index (κ2) is 5.83. The molecule has 2 aliphatic rings. The van der Waals surface area contributed by atoms with Gasteiger partial charge in [-0.05, 0) is 31.2 Å². The largest absolute Gasteiger partial charge is 0.494 e. The summed E-state index contributed by atoms with van der Waals surface area (Å²) in [6, 6.07) is 8.74. The first-order valence-electron chi connectivity index (χ1n) is 7.59. The summed E-state index contributed by atoms with van der Waals surface area (Å²) in [5.74, 6) is 1.45. The maximum Gasteiger partial charge on any atom is 0.119 e. The predicted molar refractivity (Wildman–Crippen MR) is 81.1 cm³/mol. The lowest BCUT2D eigenvalue weighted by molar-refractivity contribution is 0.238. The van der Waals surface area contributed by atoms with E-state index in [9.17, 15) is 0 Å². The van der Waals surface area contributed by atoms with E-state index in [0.717, 1.165) is 31.8 Å². The lowest BCUT2D eigenvalue weighted by Gasteiger charge is -2.32. The van der Waals surface area contributed by atoms with Crippen molar-refractivity contribution in [3.05, 3.63) is 29.8 Å². The van der Waals surface area contributed by atoms with Crippen molar-refractivity contribution in [3.8, 4) is 5.75 Å². The van der Waals surface area contributed by atoms with E-state index in [1.165, 1.54) is 11.3 Å². The molecule has 0 aliphatic carbocycles. The van der Waals surface area contributed by atoms with Crippen molar-refractivity contribution in [1.29, 1.82) is 0 Å². The number of rotatable bonds is 4. The second-order valence-corrected chi connectivity index (χ2v) is 5.46. The van der Waals surface area contributed by atoms with E-state index in [2.05, 4.69) is 46.6 Å². The summed E-state index contributed by atoms with van der Waals surface area (Å²) in [7, 11) is 0. The van der Waals surface area contributed by atoms with Crippen molar-refractivity contribution < 1.29 is 4.74 Å². The van der Waals surface area contributed by atoms with Crippen molar-refractivity contribution in [1.82, 2.24) is 10.3 Å². The van der Waals surface area contributed by atoms with Crippen LogP contribution in [0, 0.1) is 5.92 Å². The highest BCUT2D eigenvalue weighted by Gasteiger charge is 2.36. The van der Waals surface area contributed by atoms with Crippen molar-refractivity contribution in [2.45, 2.75) is 26.3 Å². The molecule has 0 spiro atoms. The van der Waals surface area contributed by atoms with E-state index in [1.54, 1.807) is 0 Å². The zero-order valence-electron chi connectivity index (χ0n) is 12.3. The van der Waals surface area contributed by atoms with E-state index in [0.29, 0.717) is 18.6 Å². The Morgan fingerprint density at radius 3 is 2.80 bits per heavy atom. The van der Waals surface area contributed by atoms with Gasteiger partial charge in [-0.1, -0.05) is 19.1 Å². The second-order valence-electron chi connectivity index (χ2n) is 5.46. The fourth-order valence-corrected chi connectivity index (χ4v) is 3.14. The minimum Gasteiger partial charge on any atom is -0.494 e. The van der Waals surface area contributed by atoms with Gasteiger partial charge in [-0.25, -0.2) is 0 Å². The van der Waals surface area contributed by atoms with E-state index in [1.807, 2.05) is 6.92 Å². The lowest BCUT2D eigenvalue weighted by atomic mass is 9.86. The molecule has 108 valence electrons. The van der Waals surface area contributed by atoms with Gasteiger partial charge in [-0.3, -0.25) is 0 Å². The minimum atomic E-state index is 0.315. The molecule has 3 rings (SSSR count). The van der Waals surface area contributed by atoms with E-state index >= 15 is 0 Å². The van der Waals surface area contributed by atoms with Crippen LogP contribution in [-0.2, 0) is 0 Å². The van der Waals surface area contributed by atoms with Gasteiger partial charge in [-0.15, -0.1) is 0 Å². The molecule has 4 heteroatoms. The third-order valence-corrected chi connectivity index (χ3v) is 4.31. The zero-order valence-corrected chi connectivity index (χ0v) is 12.3. The molecule has 1 N–H and O–H groups in total. The fraction of sp³-hybridized carbons (Fsp3) is 0.562. The van der Waals surface area contributed by atoms with E-state index in [-0.39, 0.29) is 0 Å². The Hall–Kier alpha value is -1.55. The molecule has 1 saturated heterocycles. The van der Waals surface area contributed by atoms with Gasteiger partial charge in [0.1, 0.15) is 5.75 Å². The van der Waals surface area contributed by atoms with Crippen LogP contribution in [0.15, 0.2) is 29.4 Å². The molecule has 1 aromatic rings. The van der Waals surface area contributed by atoms with Gasteiger partial charge in [0.25, 0.3) is 0 Å². The SMILES string of the molecule is CCOc1ccc(C2NN=C3CCN(CC)CC32)cc1. The summed E-state index contributed by atoms with van der Waals surface area (Å²) in [5.41, 5.74) is 5.97. The smallest absolute Gasteiger partial charge is 0.119 e. The summed E-state index contributed by atoms with van der Waals surface area (Å²) >= 11 is 0. The number of nitrogens with one attached hydrogen (secondary N) is 1. The van der Waals surface area contributed by atoms with Crippen LogP contribution in [0.25, 0.3) is 0 Å². The Morgan fingerprint density at radius 2 is 2.10 bits per heavy atom. The van der Waals surface area contributed by atoms with Crippen LogP contribution >= 0.6 is 0 Å². The average molecular weight is 273 g/mol. The van der Waals surface area contributed by atoms with Gasteiger partial charge in [0.15, 0.2) is 0 Å². The van der Waals surface area contributed by atoms with Crippen LogP contribution in [0.2, 0.25) is 0 Å². The highest BCUT2D eigenvalue weighted by atomic mass is 16.5. The Labute approximate surface area is 120 Å². The molecule has 2 heterocycles. The molecule has 20 heavy (non-hydrogen) atoms. The highest BCUT2D eigenvalue weighted by Crippen LogP contribution is 2.32. The lowest BCUT2D eigenvalue weighted by Crippen LogP contribution is -2.41. The summed E-state index contributed by atoms with van der Waals surface area (Å²) in [4.78, 5) is 2.51. The third kappa shape index (κ3) is 2.52. The standard InChI is InChI=1S/C16H23N3O/c1-3-19-10-9-15-14(11-19)16(18-17-15)12-5-7-13(8-6-12)20-4-2/h5-8,14,16,18H,3-4,9-11H2,1-2H3. The molecular formula is C16H23N3O. The molecule has 0 radical (unpaired) electrons. The first-order chi connectivity index (χ1) is 9.81. The van der Waals surface area contributed by atoms with Crippen LogP contribution in [0.4, 0.5) is 0 Å². The highest BCUT2D eigenvalue weighted by molar-refractivity contribution is 5.89. The number of fused-ring (bicyclic) bond motifs is 1. The van der Waals surface area contributed by atoms with Gasteiger partial charge < -0.3 is 15.1 Å². The summed E-state index contributed by atoms with van der Waals surface area (Å²) in [6.07, 6.45) is 1.10. The van der Waals surface area contributed by atoms with Crippen molar-refractivity contribution in [3.63, 3.8) is 0 Å². The minimum absolute atomic E-state index is 0.315. The maximum atomic E-state index is 5.51. The molecule has 1 fully saturated rings. The Kier molecular flexibility index (Phi) is 3.92. The van der Waals surface area contributed by atoms with Crippen LogP contribution in [0.3, 0.4) is 0 Å². The molecule has 0 aromatic heterocycles. The van der Waals surface area contributed by atoms with Crippen LogP contribution in [0.1, 0.15) is 31.9 Å². The molecule has 0 bridgehead atoms. The molecule has 1 aromatic carbocycles. The van der Waals surface area contributed by atoms with Gasteiger partial charge in [-0.2, -0.15) is 5.10 Å². The van der Waals surface area contributed by atoms with Crippen LogP contribution in [-0.4, -0.2) is 36.9 Å². The Morgan fingerprint density at radius 1 is 1.30 bits per heavy atom. The summed E-state index contributed by atoms with van der Waals surface area (Å²) in [6.45, 7) is 8.33. The first kappa shape index (κ1) is 13.4. The number of hydrogen-bond donors (Lipinski definition) is 1. The van der Waals surface area contributed by atoms with E-state index in [4.69, 9.17) is 4.74 Å². The van der Waals surface area contributed by atoms with Gasteiger partial charge >= 0.3 is 0 Å². The normalized spacial score (nSPS) is 25.8. The zero-order chi connectivity index (χ0) is 13.9. The number of hydrazone groups is 1. The number of ether oxygens (including phenoxy) is 1. The van der Waals surface area contributed by atoms with Crippen molar-refractivity contribution in [2.75, 3.05) is 26.2 Å². The quantitative estimate of drug-likeness (QED) is 0.915. The number of benzene rings is 1. The molecular weight excluding hydrogens is 250 g/mol. The Bertz CT molecular complexity index is 483. The maximum absolute atomic E-state index is 5.51. The molecule has 2 atom stereocenters. The summed E-state index contributed by atoms with van der Waals surface area (Å²) < 4.78 is 5.51.